The molecular formula is C14H16N2. The fourth-order valence-electron chi connectivity index (χ4n) is 1.76. The molecule has 1 aromatic carbocycles. The third-order valence-corrected chi connectivity index (χ3v) is 2.63. The highest BCUT2D eigenvalue weighted by Gasteiger charge is 2.07. The van der Waals surface area contributed by atoms with Crippen LogP contribution in [-0.4, -0.2) is 4.98 Å². The van der Waals surface area contributed by atoms with Crippen LogP contribution in [0.1, 0.15) is 24.9 Å². The van der Waals surface area contributed by atoms with Crippen LogP contribution < -0.4 is 5.32 Å². The van der Waals surface area contributed by atoms with Crippen LogP contribution in [0.5, 0.6) is 0 Å². The Morgan fingerprint density at radius 1 is 1.06 bits per heavy atom. The van der Waals surface area contributed by atoms with Gasteiger partial charge in [0, 0.05) is 18.1 Å². The maximum Gasteiger partial charge on any atom is 0.0511 e. The van der Waals surface area contributed by atoms with Crippen LogP contribution >= 0.6 is 0 Å². The number of nitrogens with zero attached hydrogens (tertiary/aromatic N) is 1. The zero-order chi connectivity index (χ0) is 11.2. The van der Waals surface area contributed by atoms with E-state index in [4.69, 9.17) is 0 Å². The van der Waals surface area contributed by atoms with Gasteiger partial charge in [-0.1, -0.05) is 37.3 Å². The summed E-state index contributed by atoms with van der Waals surface area (Å²) < 4.78 is 0. The Kier molecular flexibility index (Phi) is 3.54. The van der Waals surface area contributed by atoms with E-state index in [1.807, 2.05) is 18.2 Å². The van der Waals surface area contributed by atoms with Crippen molar-refractivity contribution in [2.45, 2.75) is 19.4 Å². The van der Waals surface area contributed by atoms with E-state index in [1.165, 1.54) is 5.56 Å². The van der Waals surface area contributed by atoms with E-state index >= 15 is 0 Å². The van der Waals surface area contributed by atoms with Crippen LogP contribution in [0, 0.1) is 0 Å². The van der Waals surface area contributed by atoms with Crippen LogP contribution in [0.4, 0.5) is 5.69 Å². The van der Waals surface area contributed by atoms with Crippen molar-refractivity contribution < 1.29 is 0 Å². The Hall–Kier alpha value is -1.83. The van der Waals surface area contributed by atoms with Gasteiger partial charge in [0.15, 0.2) is 0 Å². The molecule has 1 heterocycles. The smallest absolute Gasteiger partial charge is 0.0511 e. The monoisotopic (exact) mass is 212 g/mol. The van der Waals surface area contributed by atoms with E-state index in [0.717, 1.165) is 12.1 Å². The van der Waals surface area contributed by atoms with Crippen molar-refractivity contribution in [2.75, 3.05) is 5.32 Å². The summed E-state index contributed by atoms with van der Waals surface area (Å²) in [6, 6.07) is 14.9. The van der Waals surface area contributed by atoms with Crippen LogP contribution in [0.25, 0.3) is 0 Å². The molecule has 1 aromatic heterocycles. The molecule has 2 rings (SSSR count). The van der Waals surface area contributed by atoms with Gasteiger partial charge in [-0.3, -0.25) is 4.98 Å². The summed E-state index contributed by atoms with van der Waals surface area (Å²) in [5.74, 6) is 0. The molecule has 0 amide bonds. The number of aromatic nitrogens is 1. The van der Waals surface area contributed by atoms with E-state index in [-0.39, 0.29) is 0 Å². The fraction of sp³-hybridized carbons (Fsp3) is 0.214. The molecule has 0 spiro atoms. The summed E-state index contributed by atoms with van der Waals surface area (Å²) in [4.78, 5) is 4.01. The molecule has 82 valence electrons. The molecular weight excluding hydrogens is 196 g/mol. The maximum atomic E-state index is 4.01. The van der Waals surface area contributed by atoms with E-state index in [9.17, 15) is 0 Å². The molecule has 2 nitrogen and oxygen atoms in total. The van der Waals surface area contributed by atoms with E-state index in [0.29, 0.717) is 6.04 Å². The molecule has 0 aliphatic rings. The van der Waals surface area contributed by atoms with Crippen molar-refractivity contribution in [1.82, 2.24) is 4.98 Å². The zero-order valence-electron chi connectivity index (χ0n) is 9.43. The van der Waals surface area contributed by atoms with Crippen molar-refractivity contribution in [1.29, 1.82) is 0 Å². The Bertz CT molecular complexity index is 411. The zero-order valence-corrected chi connectivity index (χ0v) is 9.43. The molecule has 1 atom stereocenters. The molecule has 0 bridgehead atoms. The number of hydrogen-bond donors (Lipinski definition) is 1. The Morgan fingerprint density at radius 3 is 2.38 bits per heavy atom. The topological polar surface area (TPSA) is 24.9 Å². The Morgan fingerprint density at radius 2 is 1.75 bits per heavy atom. The van der Waals surface area contributed by atoms with Crippen LogP contribution in [0.3, 0.4) is 0 Å². The first-order valence-corrected chi connectivity index (χ1v) is 5.61. The van der Waals surface area contributed by atoms with Crippen LogP contribution in [0.15, 0.2) is 54.9 Å². The van der Waals surface area contributed by atoms with Crippen molar-refractivity contribution in [2.24, 2.45) is 0 Å². The van der Waals surface area contributed by atoms with Gasteiger partial charge in [0.05, 0.1) is 6.04 Å². The summed E-state index contributed by atoms with van der Waals surface area (Å²) >= 11 is 0. The van der Waals surface area contributed by atoms with Crippen molar-refractivity contribution in [3.05, 3.63) is 60.4 Å². The minimum Gasteiger partial charge on any atom is -0.378 e. The minimum absolute atomic E-state index is 0.364. The third-order valence-electron chi connectivity index (χ3n) is 2.63. The summed E-state index contributed by atoms with van der Waals surface area (Å²) in [5, 5.41) is 3.50. The van der Waals surface area contributed by atoms with E-state index in [1.54, 1.807) is 12.4 Å². The van der Waals surface area contributed by atoms with Gasteiger partial charge in [-0.05, 0) is 24.1 Å². The van der Waals surface area contributed by atoms with Gasteiger partial charge in [0.25, 0.3) is 0 Å². The van der Waals surface area contributed by atoms with Gasteiger partial charge >= 0.3 is 0 Å². The molecule has 0 saturated carbocycles. The average Bonchev–Trinajstić information content (AvgIpc) is 2.38. The fourth-order valence-corrected chi connectivity index (χ4v) is 1.76. The largest absolute Gasteiger partial charge is 0.378 e. The summed E-state index contributed by atoms with van der Waals surface area (Å²) in [7, 11) is 0. The molecule has 1 N–H and O–H groups in total. The highest BCUT2D eigenvalue weighted by molar-refractivity contribution is 5.43. The lowest BCUT2D eigenvalue weighted by atomic mass is 10.0. The predicted molar refractivity (Wildman–Crippen MR) is 67.3 cm³/mol. The highest BCUT2D eigenvalue weighted by Crippen LogP contribution is 2.21. The van der Waals surface area contributed by atoms with E-state index < -0.39 is 0 Å². The van der Waals surface area contributed by atoms with Crippen molar-refractivity contribution in [3.63, 3.8) is 0 Å². The minimum atomic E-state index is 0.364. The standard InChI is InChI=1S/C14H16N2/c1-2-14(12-6-4-3-5-7-12)16-13-8-10-15-11-9-13/h3-11,14H,2H2,1H3,(H,15,16). The first-order valence-electron chi connectivity index (χ1n) is 5.61. The second kappa shape index (κ2) is 5.31. The predicted octanol–water partition coefficient (Wildman–Crippen LogP) is 3.64. The normalized spacial score (nSPS) is 12.1. The lowest BCUT2D eigenvalue weighted by Crippen LogP contribution is -2.09. The molecule has 16 heavy (non-hydrogen) atoms. The van der Waals surface area contributed by atoms with Gasteiger partial charge < -0.3 is 5.32 Å². The van der Waals surface area contributed by atoms with Gasteiger partial charge in [0.2, 0.25) is 0 Å². The van der Waals surface area contributed by atoms with Crippen LogP contribution in [0.2, 0.25) is 0 Å². The van der Waals surface area contributed by atoms with Gasteiger partial charge in [-0.2, -0.15) is 0 Å². The lowest BCUT2D eigenvalue weighted by Gasteiger charge is -2.18. The Balaban J connectivity index is 2.13. The van der Waals surface area contributed by atoms with Gasteiger partial charge in [-0.15, -0.1) is 0 Å². The summed E-state index contributed by atoms with van der Waals surface area (Å²) in [5.41, 5.74) is 2.44. The van der Waals surface area contributed by atoms with Gasteiger partial charge in [-0.25, -0.2) is 0 Å². The lowest BCUT2D eigenvalue weighted by molar-refractivity contribution is 0.749. The number of hydrogen-bond acceptors (Lipinski definition) is 2. The quantitative estimate of drug-likeness (QED) is 0.836. The maximum absolute atomic E-state index is 4.01. The number of pyridine rings is 1. The average molecular weight is 212 g/mol. The van der Waals surface area contributed by atoms with Crippen molar-refractivity contribution >= 4 is 5.69 Å². The third kappa shape index (κ3) is 2.60. The summed E-state index contributed by atoms with van der Waals surface area (Å²) in [6.45, 7) is 2.19. The number of anilines is 1. The highest BCUT2D eigenvalue weighted by atomic mass is 14.9. The molecule has 0 saturated heterocycles. The molecule has 0 radical (unpaired) electrons. The summed E-state index contributed by atoms with van der Waals surface area (Å²) in [6.07, 6.45) is 4.67. The van der Waals surface area contributed by atoms with Crippen LogP contribution in [-0.2, 0) is 0 Å². The molecule has 0 aliphatic carbocycles. The molecule has 0 aliphatic heterocycles. The molecule has 2 heteroatoms. The molecule has 2 aromatic rings. The first kappa shape index (κ1) is 10.7. The number of rotatable bonds is 4. The molecule has 0 fully saturated rings. The second-order valence-corrected chi connectivity index (χ2v) is 3.75. The first-order chi connectivity index (χ1) is 7.90. The number of nitrogens with one attached hydrogen (secondary N) is 1. The number of benzene rings is 1. The van der Waals surface area contributed by atoms with Crippen molar-refractivity contribution in [3.8, 4) is 0 Å². The van der Waals surface area contributed by atoms with Gasteiger partial charge in [0.1, 0.15) is 0 Å². The van der Waals surface area contributed by atoms with E-state index in [2.05, 4.69) is 41.5 Å². The SMILES string of the molecule is CCC(Nc1ccncc1)c1ccccc1. The Labute approximate surface area is 96.4 Å². The second-order valence-electron chi connectivity index (χ2n) is 3.75. The molecule has 1 unspecified atom stereocenters.